The number of carbonyl (C=O) groups excluding carboxylic acids is 1. The number of rotatable bonds is 1. The van der Waals surface area contributed by atoms with Crippen molar-refractivity contribution in [2.45, 2.75) is 31.2 Å². The molecule has 0 saturated carbocycles. The van der Waals surface area contributed by atoms with Crippen LogP contribution in [0.25, 0.3) is 0 Å². The number of nitrogens with zero attached hydrogens (tertiary/aromatic N) is 1. The summed E-state index contributed by atoms with van der Waals surface area (Å²) in [6, 6.07) is 8.77. The third-order valence-electron chi connectivity index (χ3n) is 3.99. The molecule has 3 rings (SSSR count). The van der Waals surface area contributed by atoms with Crippen molar-refractivity contribution < 1.29 is 9.53 Å². The number of anilines is 1. The van der Waals surface area contributed by atoms with Gasteiger partial charge < -0.3 is 9.64 Å². The Labute approximate surface area is 101 Å². The van der Waals surface area contributed by atoms with E-state index in [0.717, 1.165) is 18.5 Å². The molecule has 0 radical (unpaired) electrons. The van der Waals surface area contributed by atoms with Crippen LogP contribution in [-0.4, -0.2) is 25.7 Å². The van der Waals surface area contributed by atoms with Crippen LogP contribution in [0.4, 0.5) is 5.69 Å². The van der Waals surface area contributed by atoms with Crippen molar-refractivity contribution in [3.63, 3.8) is 0 Å². The second-order valence-electron chi connectivity index (χ2n) is 4.86. The van der Waals surface area contributed by atoms with Gasteiger partial charge in [0.1, 0.15) is 0 Å². The maximum atomic E-state index is 11.9. The molecule has 1 saturated heterocycles. The molecule has 0 aliphatic carbocycles. The summed E-state index contributed by atoms with van der Waals surface area (Å²) in [6.45, 7) is 1.12. The first-order valence-electron chi connectivity index (χ1n) is 6.24. The summed E-state index contributed by atoms with van der Waals surface area (Å²) in [4.78, 5) is 14.3. The van der Waals surface area contributed by atoms with E-state index in [9.17, 15) is 4.79 Å². The van der Waals surface area contributed by atoms with Crippen LogP contribution in [0.1, 0.15) is 30.7 Å². The molecule has 0 aromatic heterocycles. The van der Waals surface area contributed by atoms with Gasteiger partial charge in [0.2, 0.25) is 0 Å². The van der Waals surface area contributed by atoms with Crippen LogP contribution in [0.5, 0.6) is 0 Å². The Bertz CT molecular complexity index is 444. The van der Waals surface area contributed by atoms with Crippen molar-refractivity contribution >= 4 is 11.7 Å². The van der Waals surface area contributed by atoms with Crippen molar-refractivity contribution in [2.24, 2.45) is 0 Å². The van der Waals surface area contributed by atoms with Gasteiger partial charge in [-0.05, 0) is 30.9 Å². The van der Waals surface area contributed by atoms with Crippen molar-refractivity contribution in [1.29, 1.82) is 0 Å². The van der Waals surface area contributed by atoms with Crippen molar-refractivity contribution in [1.82, 2.24) is 0 Å². The molecule has 3 nitrogen and oxygen atoms in total. The Morgan fingerprint density at radius 2 is 2.24 bits per heavy atom. The second-order valence-corrected chi connectivity index (χ2v) is 4.86. The van der Waals surface area contributed by atoms with Crippen molar-refractivity contribution in [3.05, 3.63) is 29.8 Å². The van der Waals surface area contributed by atoms with Gasteiger partial charge in [-0.2, -0.15) is 0 Å². The summed E-state index contributed by atoms with van der Waals surface area (Å²) < 4.78 is 4.94. The zero-order chi connectivity index (χ0) is 11.8. The van der Waals surface area contributed by atoms with E-state index in [0.29, 0.717) is 6.04 Å². The number of esters is 1. The van der Waals surface area contributed by atoms with Gasteiger partial charge in [0.15, 0.2) is 0 Å². The number of benzene rings is 1. The molecule has 1 aromatic carbocycles. The smallest absolute Gasteiger partial charge is 0.313 e. The number of fused-ring (bicyclic) bond motifs is 3. The molecule has 3 heteroatoms. The third-order valence-corrected chi connectivity index (χ3v) is 3.99. The molecular weight excluding hydrogens is 214 g/mol. The Morgan fingerprint density at radius 1 is 1.41 bits per heavy atom. The lowest BCUT2D eigenvalue weighted by Gasteiger charge is -2.37. The fourth-order valence-corrected chi connectivity index (χ4v) is 3.21. The zero-order valence-electron chi connectivity index (χ0n) is 10.1. The van der Waals surface area contributed by atoms with Gasteiger partial charge in [-0.25, -0.2) is 0 Å². The molecule has 1 fully saturated rings. The lowest BCUT2D eigenvalue weighted by molar-refractivity contribution is -0.142. The highest BCUT2D eigenvalue weighted by molar-refractivity contribution is 5.82. The summed E-state index contributed by atoms with van der Waals surface area (Å²) in [5, 5.41) is 0. The summed E-state index contributed by atoms with van der Waals surface area (Å²) >= 11 is 0. The van der Waals surface area contributed by atoms with E-state index < -0.39 is 0 Å². The fourth-order valence-electron chi connectivity index (χ4n) is 3.21. The lowest BCUT2D eigenvalue weighted by atomic mass is 9.86. The third kappa shape index (κ3) is 1.61. The van der Waals surface area contributed by atoms with Crippen LogP contribution in [0.2, 0.25) is 0 Å². The standard InChI is InChI=1S/C14H17NO2/c1-17-14(16)12-9-10-5-4-8-15(10)13-7-3-2-6-11(12)13/h2-3,6-7,10,12H,4-5,8-9H2,1H3/t10-,12+/m0/s1. The van der Waals surface area contributed by atoms with Gasteiger partial charge in [-0.1, -0.05) is 18.2 Å². The van der Waals surface area contributed by atoms with Crippen LogP contribution in [0.3, 0.4) is 0 Å². The van der Waals surface area contributed by atoms with Crippen molar-refractivity contribution in [2.75, 3.05) is 18.6 Å². The molecule has 0 amide bonds. The van der Waals surface area contributed by atoms with E-state index in [4.69, 9.17) is 4.74 Å². The van der Waals surface area contributed by atoms with Crippen LogP contribution >= 0.6 is 0 Å². The minimum atomic E-state index is -0.0935. The van der Waals surface area contributed by atoms with Crippen LogP contribution < -0.4 is 4.90 Å². The largest absolute Gasteiger partial charge is 0.469 e. The monoisotopic (exact) mass is 231 g/mol. The number of methoxy groups -OCH3 is 1. The number of hydrogen-bond donors (Lipinski definition) is 0. The molecule has 1 aromatic rings. The van der Waals surface area contributed by atoms with Gasteiger partial charge >= 0.3 is 5.97 Å². The van der Waals surface area contributed by atoms with E-state index in [1.54, 1.807) is 0 Å². The topological polar surface area (TPSA) is 29.5 Å². The SMILES string of the molecule is COC(=O)[C@@H]1C[C@@H]2CCCN2c2ccccc21. The minimum absolute atomic E-state index is 0.0736. The van der Waals surface area contributed by atoms with Gasteiger partial charge in [0.25, 0.3) is 0 Å². The molecule has 2 aliphatic rings. The Kier molecular flexibility index (Phi) is 2.54. The summed E-state index contributed by atoms with van der Waals surface area (Å²) in [6.07, 6.45) is 3.33. The quantitative estimate of drug-likeness (QED) is 0.695. The Balaban J connectivity index is 2.04. The van der Waals surface area contributed by atoms with Crippen LogP contribution in [0.15, 0.2) is 24.3 Å². The molecule has 2 atom stereocenters. The highest BCUT2D eigenvalue weighted by atomic mass is 16.5. The highest BCUT2D eigenvalue weighted by Crippen LogP contribution is 2.42. The van der Waals surface area contributed by atoms with E-state index in [1.165, 1.54) is 25.6 Å². The fraction of sp³-hybridized carbons (Fsp3) is 0.500. The Hall–Kier alpha value is -1.51. The maximum absolute atomic E-state index is 11.9. The summed E-state index contributed by atoms with van der Waals surface area (Å²) in [5.74, 6) is -0.167. The first kappa shape index (κ1) is 10.6. The van der Waals surface area contributed by atoms with E-state index in [2.05, 4.69) is 17.0 Å². The molecule has 17 heavy (non-hydrogen) atoms. The number of para-hydroxylation sites is 1. The molecule has 0 N–H and O–H groups in total. The normalized spacial score (nSPS) is 26.3. The molecule has 0 unspecified atom stereocenters. The molecule has 2 heterocycles. The lowest BCUT2D eigenvalue weighted by Crippen LogP contribution is -2.37. The van der Waals surface area contributed by atoms with Gasteiger partial charge in [-0.3, -0.25) is 4.79 Å². The second kappa shape index (κ2) is 4.06. The predicted molar refractivity (Wildman–Crippen MR) is 66.2 cm³/mol. The average molecular weight is 231 g/mol. The van der Waals surface area contributed by atoms with Crippen LogP contribution in [0, 0.1) is 0 Å². The maximum Gasteiger partial charge on any atom is 0.313 e. The Morgan fingerprint density at radius 3 is 3.06 bits per heavy atom. The molecule has 90 valence electrons. The minimum Gasteiger partial charge on any atom is -0.469 e. The molecule has 0 bridgehead atoms. The van der Waals surface area contributed by atoms with Crippen molar-refractivity contribution in [3.8, 4) is 0 Å². The first-order chi connectivity index (χ1) is 8.31. The molecule has 0 spiro atoms. The number of carbonyl (C=O) groups is 1. The zero-order valence-corrected chi connectivity index (χ0v) is 10.1. The van der Waals surface area contributed by atoms with Gasteiger partial charge in [0, 0.05) is 18.3 Å². The first-order valence-corrected chi connectivity index (χ1v) is 6.24. The van der Waals surface area contributed by atoms with Crippen LogP contribution in [-0.2, 0) is 9.53 Å². The molecular formula is C14H17NO2. The average Bonchev–Trinajstić information content (AvgIpc) is 2.85. The summed E-state index contributed by atoms with van der Waals surface area (Å²) in [5.41, 5.74) is 2.37. The molecule has 2 aliphatic heterocycles. The van der Waals surface area contributed by atoms with Gasteiger partial charge in [-0.15, -0.1) is 0 Å². The number of ether oxygens (including phenoxy) is 1. The van der Waals surface area contributed by atoms with E-state index >= 15 is 0 Å². The predicted octanol–water partition coefficient (Wildman–Crippen LogP) is 2.32. The van der Waals surface area contributed by atoms with Gasteiger partial charge in [0.05, 0.1) is 13.0 Å². The van der Waals surface area contributed by atoms with E-state index in [-0.39, 0.29) is 11.9 Å². The number of hydrogen-bond acceptors (Lipinski definition) is 3. The summed E-state index contributed by atoms with van der Waals surface area (Å²) in [7, 11) is 1.48. The van der Waals surface area contributed by atoms with E-state index in [1.807, 2.05) is 12.1 Å². The highest BCUT2D eigenvalue weighted by Gasteiger charge is 2.38.